The first-order valence-corrected chi connectivity index (χ1v) is 10.0. The van der Waals surface area contributed by atoms with E-state index in [4.69, 9.17) is 15.2 Å². The van der Waals surface area contributed by atoms with Gasteiger partial charge in [-0.3, -0.25) is 24.0 Å². The van der Waals surface area contributed by atoms with Gasteiger partial charge in [0.1, 0.15) is 17.9 Å². The van der Waals surface area contributed by atoms with E-state index in [1.54, 1.807) is 6.92 Å². The Morgan fingerprint density at radius 2 is 1.59 bits per heavy atom. The molecule has 32 heavy (non-hydrogen) atoms. The number of carbonyl (C=O) groups excluding carboxylic acids is 5. The van der Waals surface area contributed by atoms with Crippen LogP contribution in [0.2, 0.25) is 0 Å². The molecule has 0 saturated heterocycles. The molecular weight excluding hydrogens is 425 g/mol. The summed E-state index contributed by atoms with van der Waals surface area (Å²) < 4.78 is 22.9. The predicted molar refractivity (Wildman–Crippen MR) is 110 cm³/mol. The Kier molecular flexibility index (Phi) is 10.8. The van der Waals surface area contributed by atoms with Gasteiger partial charge >= 0.3 is 11.9 Å². The molecule has 11 heteroatoms. The van der Waals surface area contributed by atoms with E-state index in [0.29, 0.717) is 5.56 Å². The Morgan fingerprint density at radius 1 is 1.00 bits per heavy atom. The lowest BCUT2D eigenvalue weighted by atomic mass is 9.94. The molecule has 0 heterocycles. The summed E-state index contributed by atoms with van der Waals surface area (Å²) in [6, 6.07) is 2.50. The number of ether oxygens (including phenoxy) is 2. The van der Waals surface area contributed by atoms with E-state index in [2.05, 4.69) is 10.6 Å². The Hall–Kier alpha value is -3.50. The van der Waals surface area contributed by atoms with Crippen molar-refractivity contribution in [1.82, 2.24) is 10.6 Å². The Labute approximate surface area is 185 Å². The molecule has 0 fully saturated rings. The van der Waals surface area contributed by atoms with Crippen LogP contribution in [0.5, 0.6) is 0 Å². The van der Waals surface area contributed by atoms with Gasteiger partial charge in [0.15, 0.2) is 0 Å². The molecule has 3 amide bonds. The van der Waals surface area contributed by atoms with Crippen molar-refractivity contribution in [2.75, 3.05) is 13.2 Å². The summed E-state index contributed by atoms with van der Waals surface area (Å²) in [5.41, 5.74) is 5.93. The first kappa shape index (κ1) is 26.5. The molecule has 0 radical (unpaired) electrons. The van der Waals surface area contributed by atoms with Gasteiger partial charge in [-0.15, -0.1) is 0 Å². The number of primary amides is 1. The van der Waals surface area contributed by atoms with Crippen molar-refractivity contribution in [3.05, 3.63) is 35.6 Å². The van der Waals surface area contributed by atoms with Crippen LogP contribution in [0.3, 0.4) is 0 Å². The fourth-order valence-corrected chi connectivity index (χ4v) is 2.92. The van der Waals surface area contributed by atoms with Gasteiger partial charge in [-0.1, -0.05) is 12.1 Å². The number of rotatable bonds is 12. The average molecular weight is 453 g/mol. The van der Waals surface area contributed by atoms with Crippen molar-refractivity contribution in [2.45, 2.75) is 45.7 Å². The minimum Gasteiger partial charge on any atom is -0.466 e. The summed E-state index contributed by atoms with van der Waals surface area (Å²) in [5.74, 6) is -6.04. The third kappa shape index (κ3) is 8.70. The molecular formula is C21H28FN3O7. The van der Waals surface area contributed by atoms with Crippen LogP contribution >= 0.6 is 0 Å². The Bertz CT molecular complexity index is 829. The summed E-state index contributed by atoms with van der Waals surface area (Å²) >= 11 is 0. The van der Waals surface area contributed by atoms with Crippen LogP contribution in [-0.4, -0.2) is 55.0 Å². The predicted octanol–water partition coefficient (Wildman–Crippen LogP) is -0.0245. The van der Waals surface area contributed by atoms with E-state index in [1.807, 2.05) is 0 Å². The third-order valence-electron chi connectivity index (χ3n) is 4.33. The molecule has 176 valence electrons. The fourth-order valence-electron chi connectivity index (χ4n) is 2.92. The number of nitrogens with two attached hydrogens (primary N) is 1. The molecule has 0 unspecified atom stereocenters. The highest BCUT2D eigenvalue weighted by Crippen LogP contribution is 2.15. The molecule has 10 nitrogen and oxygen atoms in total. The van der Waals surface area contributed by atoms with Crippen LogP contribution in [0.25, 0.3) is 0 Å². The van der Waals surface area contributed by atoms with Gasteiger partial charge < -0.3 is 25.8 Å². The van der Waals surface area contributed by atoms with E-state index >= 15 is 0 Å². The highest BCUT2D eigenvalue weighted by atomic mass is 19.1. The topological polar surface area (TPSA) is 154 Å². The first-order chi connectivity index (χ1) is 15.1. The Balaban J connectivity index is 3.13. The SMILES string of the molecule is CCOC(=O)C[C@@H](C(=O)OCC)[C@H](NC(=O)[C@@H](Cc1ccc(F)cc1)NC(C)=O)C(N)=O. The molecule has 0 aromatic heterocycles. The van der Waals surface area contributed by atoms with E-state index in [-0.39, 0.29) is 19.6 Å². The number of nitrogens with one attached hydrogen (secondary N) is 2. The van der Waals surface area contributed by atoms with Crippen LogP contribution in [0.4, 0.5) is 4.39 Å². The van der Waals surface area contributed by atoms with E-state index in [1.165, 1.54) is 38.1 Å². The summed E-state index contributed by atoms with van der Waals surface area (Å²) in [6.07, 6.45) is -0.581. The summed E-state index contributed by atoms with van der Waals surface area (Å²) in [7, 11) is 0. The number of halogens is 1. The highest BCUT2D eigenvalue weighted by Gasteiger charge is 2.38. The van der Waals surface area contributed by atoms with Gasteiger partial charge in [0.05, 0.1) is 25.6 Å². The molecule has 0 aliphatic carbocycles. The van der Waals surface area contributed by atoms with Crippen LogP contribution < -0.4 is 16.4 Å². The lowest BCUT2D eigenvalue weighted by Gasteiger charge is -2.26. The van der Waals surface area contributed by atoms with E-state index < -0.39 is 59.9 Å². The maximum atomic E-state index is 13.2. The van der Waals surface area contributed by atoms with Gasteiger partial charge in [-0.25, -0.2) is 4.39 Å². The second-order valence-corrected chi connectivity index (χ2v) is 6.84. The van der Waals surface area contributed by atoms with Crippen molar-refractivity contribution in [3.8, 4) is 0 Å². The largest absolute Gasteiger partial charge is 0.466 e. The van der Waals surface area contributed by atoms with E-state index in [9.17, 15) is 28.4 Å². The molecule has 0 aliphatic heterocycles. The smallest absolute Gasteiger partial charge is 0.312 e. The van der Waals surface area contributed by atoms with Crippen LogP contribution in [0.1, 0.15) is 32.8 Å². The Morgan fingerprint density at radius 3 is 2.09 bits per heavy atom. The molecule has 1 aromatic rings. The summed E-state index contributed by atoms with van der Waals surface area (Å²) in [5, 5.41) is 4.77. The lowest BCUT2D eigenvalue weighted by Crippen LogP contribution is -2.57. The molecule has 0 spiro atoms. The second-order valence-electron chi connectivity index (χ2n) is 6.84. The van der Waals surface area contributed by atoms with Crippen molar-refractivity contribution in [2.24, 2.45) is 11.7 Å². The molecule has 3 atom stereocenters. The fraction of sp³-hybridized carbons (Fsp3) is 0.476. The van der Waals surface area contributed by atoms with Crippen molar-refractivity contribution in [1.29, 1.82) is 0 Å². The van der Waals surface area contributed by atoms with E-state index in [0.717, 1.165) is 0 Å². The van der Waals surface area contributed by atoms with Gasteiger partial charge in [0.25, 0.3) is 0 Å². The van der Waals surface area contributed by atoms with Crippen LogP contribution in [0, 0.1) is 11.7 Å². The number of hydrogen-bond acceptors (Lipinski definition) is 7. The molecule has 1 rings (SSSR count). The number of esters is 2. The quantitative estimate of drug-likeness (QED) is 0.376. The number of amides is 3. The van der Waals surface area contributed by atoms with Gasteiger partial charge in [0.2, 0.25) is 17.7 Å². The zero-order valence-corrected chi connectivity index (χ0v) is 18.2. The highest BCUT2D eigenvalue weighted by molar-refractivity contribution is 5.95. The standard InChI is InChI=1S/C21H28FN3O7/c1-4-31-17(27)11-15(21(30)32-5-2)18(19(23)28)25-20(29)16(24-12(3)26)10-13-6-8-14(22)9-7-13/h6-9,15-16,18H,4-5,10-11H2,1-3H3,(H2,23,28)(H,24,26)(H,25,29)/t15-,16-,18+/m1/s1. The van der Waals surface area contributed by atoms with Gasteiger partial charge in [-0.05, 0) is 31.5 Å². The number of benzene rings is 1. The summed E-state index contributed by atoms with van der Waals surface area (Å²) in [4.78, 5) is 60.9. The third-order valence-corrected chi connectivity index (χ3v) is 4.33. The minimum absolute atomic E-state index is 0.0286. The molecule has 1 aromatic carbocycles. The summed E-state index contributed by atoms with van der Waals surface area (Å²) in [6.45, 7) is 4.31. The van der Waals surface area contributed by atoms with Crippen molar-refractivity contribution >= 4 is 29.7 Å². The lowest BCUT2D eigenvalue weighted by molar-refractivity contribution is -0.157. The molecule has 4 N–H and O–H groups in total. The number of hydrogen-bond donors (Lipinski definition) is 3. The van der Waals surface area contributed by atoms with Crippen LogP contribution in [-0.2, 0) is 39.9 Å². The van der Waals surface area contributed by atoms with Crippen molar-refractivity contribution < 1.29 is 37.8 Å². The maximum Gasteiger partial charge on any atom is 0.312 e. The number of carbonyl (C=O) groups is 5. The van der Waals surface area contributed by atoms with Gasteiger partial charge in [0, 0.05) is 13.3 Å². The zero-order chi connectivity index (χ0) is 24.3. The van der Waals surface area contributed by atoms with Gasteiger partial charge in [-0.2, -0.15) is 0 Å². The average Bonchev–Trinajstić information content (AvgIpc) is 2.71. The molecule has 0 bridgehead atoms. The molecule has 0 saturated carbocycles. The molecule has 0 aliphatic rings. The maximum absolute atomic E-state index is 13.2. The van der Waals surface area contributed by atoms with Crippen LogP contribution in [0.15, 0.2) is 24.3 Å². The first-order valence-electron chi connectivity index (χ1n) is 10.0. The zero-order valence-electron chi connectivity index (χ0n) is 18.2. The van der Waals surface area contributed by atoms with Crippen molar-refractivity contribution in [3.63, 3.8) is 0 Å². The monoisotopic (exact) mass is 453 g/mol. The second kappa shape index (κ2) is 13.0. The normalized spacial score (nSPS) is 13.2. The minimum atomic E-state index is -1.60.